The summed E-state index contributed by atoms with van der Waals surface area (Å²) in [5.74, 6) is -2.50. The number of nitrogens with zero attached hydrogens (tertiary/aromatic N) is 1. The Morgan fingerprint density at radius 2 is 2.00 bits per heavy atom. The number of amides is 1. The van der Waals surface area contributed by atoms with Gasteiger partial charge in [-0.05, 0) is 24.6 Å². The fourth-order valence-corrected chi connectivity index (χ4v) is 3.92. The highest BCUT2D eigenvalue weighted by Gasteiger charge is 2.36. The molecule has 1 aromatic carbocycles. The van der Waals surface area contributed by atoms with Gasteiger partial charge in [-0.2, -0.15) is 4.31 Å². The van der Waals surface area contributed by atoms with E-state index in [1.54, 1.807) is 0 Å². The van der Waals surface area contributed by atoms with Crippen molar-refractivity contribution >= 4 is 27.6 Å². The Labute approximate surface area is 121 Å². The summed E-state index contributed by atoms with van der Waals surface area (Å²) in [6.07, 6.45) is 0.325. The van der Waals surface area contributed by atoms with E-state index in [9.17, 15) is 18.0 Å². The molecule has 1 aromatic rings. The van der Waals surface area contributed by atoms with E-state index in [4.69, 9.17) is 16.6 Å². The maximum atomic E-state index is 12.5. The predicted molar refractivity (Wildman–Crippen MR) is 73.9 cm³/mol. The molecule has 1 aliphatic heterocycles. The van der Waals surface area contributed by atoms with Crippen molar-refractivity contribution in [3.05, 3.63) is 23.8 Å². The summed E-state index contributed by atoms with van der Waals surface area (Å²) in [7, 11) is -4.01. The van der Waals surface area contributed by atoms with E-state index in [2.05, 4.69) is 0 Å². The van der Waals surface area contributed by atoms with E-state index < -0.39 is 33.4 Å². The van der Waals surface area contributed by atoms with E-state index in [1.807, 2.05) is 0 Å². The van der Waals surface area contributed by atoms with Crippen molar-refractivity contribution in [2.24, 2.45) is 11.7 Å². The van der Waals surface area contributed by atoms with Gasteiger partial charge in [0.15, 0.2) is 0 Å². The molecule has 1 amide bonds. The second-order valence-corrected chi connectivity index (χ2v) is 6.72. The molecule has 1 aliphatic rings. The first-order chi connectivity index (χ1) is 9.73. The van der Waals surface area contributed by atoms with Crippen LogP contribution >= 0.6 is 0 Å². The summed E-state index contributed by atoms with van der Waals surface area (Å²) in [6, 6.07) is 3.57. The zero-order valence-corrected chi connectivity index (χ0v) is 11.8. The van der Waals surface area contributed by atoms with E-state index >= 15 is 0 Å². The van der Waals surface area contributed by atoms with Crippen molar-refractivity contribution in [1.29, 1.82) is 0 Å². The molecule has 9 heteroatoms. The van der Waals surface area contributed by atoms with Gasteiger partial charge in [-0.3, -0.25) is 4.79 Å². The Kier molecular flexibility index (Phi) is 3.88. The van der Waals surface area contributed by atoms with Crippen LogP contribution in [0.5, 0.6) is 0 Å². The van der Waals surface area contributed by atoms with E-state index in [-0.39, 0.29) is 23.7 Å². The molecule has 1 saturated heterocycles. The second kappa shape index (κ2) is 5.34. The number of carbonyl (C=O) groups is 2. The third-order valence-corrected chi connectivity index (χ3v) is 5.33. The van der Waals surface area contributed by atoms with Gasteiger partial charge in [-0.25, -0.2) is 13.2 Å². The number of primary amides is 1. The van der Waals surface area contributed by atoms with Gasteiger partial charge in [0.2, 0.25) is 15.9 Å². The number of carboxylic acid groups (broad SMARTS) is 1. The SMILES string of the molecule is NC(=O)C1CCN(S(=O)(=O)c2ccc(N)cc2C(=O)O)C1. The van der Waals surface area contributed by atoms with Crippen LogP contribution in [0.1, 0.15) is 16.8 Å². The number of hydrogen-bond acceptors (Lipinski definition) is 5. The molecule has 1 unspecified atom stereocenters. The largest absolute Gasteiger partial charge is 0.478 e. The molecule has 0 spiro atoms. The van der Waals surface area contributed by atoms with Crippen molar-refractivity contribution in [2.75, 3.05) is 18.8 Å². The lowest BCUT2D eigenvalue weighted by molar-refractivity contribution is -0.121. The summed E-state index contributed by atoms with van der Waals surface area (Å²) in [5.41, 5.74) is 10.4. The molecule has 114 valence electrons. The highest BCUT2D eigenvalue weighted by atomic mass is 32.2. The minimum atomic E-state index is -4.01. The zero-order valence-electron chi connectivity index (χ0n) is 11.0. The third-order valence-electron chi connectivity index (χ3n) is 3.41. The van der Waals surface area contributed by atoms with E-state index in [1.165, 1.54) is 6.07 Å². The number of benzene rings is 1. The molecule has 0 saturated carbocycles. The lowest BCUT2D eigenvalue weighted by Crippen LogP contribution is -2.32. The molecule has 0 aliphatic carbocycles. The van der Waals surface area contributed by atoms with E-state index in [0.717, 1.165) is 16.4 Å². The molecule has 0 aromatic heterocycles. The summed E-state index contributed by atoms with van der Waals surface area (Å²) in [5, 5.41) is 9.12. The average molecular weight is 313 g/mol. The minimum absolute atomic E-state index is 0.0406. The standard InChI is InChI=1S/C12H15N3O5S/c13-8-1-2-10(9(5-8)12(17)18)21(19,20)15-4-3-7(6-15)11(14)16/h1-2,5,7H,3-4,6,13H2,(H2,14,16)(H,17,18). The second-order valence-electron chi connectivity index (χ2n) is 4.81. The van der Waals surface area contributed by atoms with Crippen LogP contribution in [0, 0.1) is 5.92 Å². The molecule has 0 radical (unpaired) electrons. The molecule has 21 heavy (non-hydrogen) atoms. The molecule has 0 bridgehead atoms. The molecule has 1 fully saturated rings. The number of carbonyl (C=O) groups excluding carboxylic acids is 1. The average Bonchev–Trinajstić information content (AvgIpc) is 2.88. The number of carboxylic acids is 1. The Morgan fingerprint density at radius 3 is 2.52 bits per heavy atom. The summed E-state index contributed by atoms with van der Waals surface area (Å²) in [6.45, 7) is 0.0838. The van der Waals surface area contributed by atoms with Crippen LogP contribution in [0.3, 0.4) is 0 Å². The number of sulfonamides is 1. The smallest absolute Gasteiger partial charge is 0.337 e. The minimum Gasteiger partial charge on any atom is -0.478 e. The number of nitrogens with two attached hydrogens (primary N) is 2. The molecule has 5 N–H and O–H groups in total. The van der Waals surface area contributed by atoms with Gasteiger partial charge >= 0.3 is 5.97 Å². The number of rotatable bonds is 4. The lowest BCUT2D eigenvalue weighted by atomic mass is 10.1. The topological polar surface area (TPSA) is 144 Å². The van der Waals surface area contributed by atoms with Crippen molar-refractivity contribution < 1.29 is 23.1 Å². The maximum absolute atomic E-state index is 12.5. The zero-order chi connectivity index (χ0) is 15.8. The summed E-state index contributed by atoms with van der Waals surface area (Å²) in [4.78, 5) is 22.0. The number of nitrogen functional groups attached to an aromatic ring is 1. The fourth-order valence-electron chi connectivity index (χ4n) is 2.26. The number of aromatic carboxylic acids is 1. The Hall–Kier alpha value is -2.13. The van der Waals surface area contributed by atoms with Crippen LogP contribution < -0.4 is 11.5 Å². The molecule has 1 heterocycles. The van der Waals surface area contributed by atoms with E-state index in [0.29, 0.717) is 6.42 Å². The fraction of sp³-hybridized carbons (Fsp3) is 0.333. The van der Waals surface area contributed by atoms with Crippen LogP contribution in [-0.4, -0.2) is 42.8 Å². The van der Waals surface area contributed by atoms with Gasteiger partial charge in [-0.1, -0.05) is 0 Å². The molecule has 1 atom stereocenters. The maximum Gasteiger partial charge on any atom is 0.337 e. The van der Waals surface area contributed by atoms with Crippen LogP contribution in [0.25, 0.3) is 0 Å². The quantitative estimate of drug-likeness (QED) is 0.637. The molecule has 8 nitrogen and oxygen atoms in total. The monoisotopic (exact) mass is 313 g/mol. The molecule has 2 rings (SSSR count). The highest BCUT2D eigenvalue weighted by Crippen LogP contribution is 2.27. The van der Waals surface area contributed by atoms with Crippen LogP contribution in [-0.2, 0) is 14.8 Å². The first-order valence-corrected chi connectivity index (χ1v) is 7.59. The van der Waals surface area contributed by atoms with Crippen LogP contribution in [0.2, 0.25) is 0 Å². The van der Waals surface area contributed by atoms with Gasteiger partial charge in [0, 0.05) is 18.8 Å². The van der Waals surface area contributed by atoms with Crippen LogP contribution in [0.4, 0.5) is 5.69 Å². The van der Waals surface area contributed by atoms with Crippen molar-refractivity contribution in [2.45, 2.75) is 11.3 Å². The summed E-state index contributed by atoms with van der Waals surface area (Å²) < 4.78 is 26.1. The Bertz CT molecular complexity index is 701. The predicted octanol–water partition coefficient (Wildman–Crippen LogP) is -0.537. The van der Waals surface area contributed by atoms with Crippen LogP contribution in [0.15, 0.2) is 23.1 Å². The van der Waals surface area contributed by atoms with Crippen molar-refractivity contribution in [1.82, 2.24) is 4.31 Å². The number of anilines is 1. The van der Waals surface area contributed by atoms with Gasteiger partial charge in [0.05, 0.1) is 16.4 Å². The number of hydrogen-bond donors (Lipinski definition) is 3. The highest BCUT2D eigenvalue weighted by molar-refractivity contribution is 7.89. The first-order valence-electron chi connectivity index (χ1n) is 6.15. The lowest BCUT2D eigenvalue weighted by Gasteiger charge is -2.17. The van der Waals surface area contributed by atoms with Gasteiger partial charge in [0.25, 0.3) is 0 Å². The Morgan fingerprint density at radius 1 is 1.33 bits per heavy atom. The molecular weight excluding hydrogens is 298 g/mol. The normalized spacial score (nSPS) is 19.5. The summed E-state index contributed by atoms with van der Waals surface area (Å²) >= 11 is 0. The Balaban J connectivity index is 2.42. The van der Waals surface area contributed by atoms with Gasteiger partial charge in [-0.15, -0.1) is 0 Å². The first kappa shape index (κ1) is 15.3. The van der Waals surface area contributed by atoms with Crippen molar-refractivity contribution in [3.63, 3.8) is 0 Å². The molecular formula is C12H15N3O5S. The van der Waals surface area contributed by atoms with Gasteiger partial charge in [0.1, 0.15) is 0 Å². The third kappa shape index (κ3) is 2.83. The van der Waals surface area contributed by atoms with Gasteiger partial charge < -0.3 is 16.6 Å². The van der Waals surface area contributed by atoms with Crippen molar-refractivity contribution in [3.8, 4) is 0 Å².